The molecule has 0 heterocycles. The van der Waals surface area contributed by atoms with Gasteiger partial charge in [-0.25, -0.2) is 0 Å². The Morgan fingerprint density at radius 2 is 1.58 bits per heavy atom. The van der Waals surface area contributed by atoms with Crippen LogP contribution in [0.1, 0.15) is 13.8 Å². The van der Waals surface area contributed by atoms with Crippen LogP contribution in [0.3, 0.4) is 0 Å². The molecule has 1 aromatic rings. The molecule has 0 saturated heterocycles. The highest BCUT2D eigenvalue weighted by molar-refractivity contribution is 9.29. The van der Waals surface area contributed by atoms with Gasteiger partial charge >= 0.3 is 25.3 Å². The Hall–Kier alpha value is 0.430. The average Bonchev–Trinajstić information content (AvgIpc) is 2.47. The fourth-order valence-corrected chi connectivity index (χ4v) is 9.06. The van der Waals surface area contributed by atoms with Crippen molar-refractivity contribution in [2.75, 3.05) is 13.2 Å². The lowest BCUT2D eigenvalue weighted by Crippen LogP contribution is -2.21. The molecule has 2 unspecified atom stereocenters. The molecule has 24 heavy (non-hydrogen) atoms. The maximum Gasteiger partial charge on any atom is 0.385 e. The summed E-state index contributed by atoms with van der Waals surface area (Å²) in [6.07, 6.45) is 0. The van der Waals surface area contributed by atoms with Gasteiger partial charge in [-0.3, -0.25) is 9.13 Å². The van der Waals surface area contributed by atoms with E-state index in [1.165, 1.54) is 38.1 Å². The maximum absolute atomic E-state index is 13.0. The van der Waals surface area contributed by atoms with Crippen LogP contribution in [0.4, 0.5) is 0 Å². The zero-order valence-electron chi connectivity index (χ0n) is 12.7. The van der Waals surface area contributed by atoms with E-state index in [0.29, 0.717) is 0 Å². The number of halogens is 2. The molecule has 1 rings (SSSR count). The number of benzene rings is 1. The Kier molecular flexibility index (Phi) is 7.88. The second kappa shape index (κ2) is 8.41. The average molecular weight is 530 g/mol. The number of hydrogen-bond donors (Lipinski definition) is 1. The third-order valence-corrected chi connectivity index (χ3v) is 14.3. The predicted molar refractivity (Wildman–Crippen MR) is 96.0 cm³/mol. The summed E-state index contributed by atoms with van der Waals surface area (Å²) >= 11 is 5.51. The zero-order chi connectivity index (χ0) is 18.6. The Labute approximate surface area is 157 Å². The minimum absolute atomic E-state index is 0.190. The first-order chi connectivity index (χ1) is 10.9. The molecule has 0 saturated carbocycles. The fourth-order valence-electron chi connectivity index (χ4n) is 1.48. The van der Waals surface area contributed by atoms with Crippen molar-refractivity contribution < 1.29 is 35.5 Å². The minimum atomic E-state index is -4.75. The first kappa shape index (κ1) is 22.5. The molecule has 0 aromatic heterocycles. The van der Waals surface area contributed by atoms with Gasteiger partial charge in [0.15, 0.2) is 0 Å². The summed E-state index contributed by atoms with van der Waals surface area (Å²) in [5, 5.41) is 0. The van der Waals surface area contributed by atoms with Crippen LogP contribution >= 0.6 is 47.1 Å². The second-order valence-electron chi connectivity index (χ2n) is 4.20. The molecule has 0 aliphatic carbocycles. The quantitative estimate of drug-likeness (QED) is 0.373. The van der Waals surface area contributed by atoms with E-state index in [-0.39, 0.29) is 18.1 Å². The summed E-state index contributed by atoms with van der Waals surface area (Å²) in [6, 6.07) is 6.90. The largest absolute Gasteiger partial charge is 0.385 e. The van der Waals surface area contributed by atoms with E-state index in [2.05, 4.69) is 31.9 Å². The van der Waals surface area contributed by atoms with Crippen LogP contribution in [0, 0.1) is 0 Å². The molecule has 2 atom stereocenters. The standard InChI is InChI=1S/C11H16Br2O8P2S/c1-3-19-22(14,15)11(12,13)23(16,20-4-2)21-24(17,18)10-8-6-5-7-9-10/h5-9H,3-4H2,1-2H3,(H,14,15). The van der Waals surface area contributed by atoms with Gasteiger partial charge in [0.1, 0.15) is 0 Å². The summed E-state index contributed by atoms with van der Waals surface area (Å²) in [5.74, 6) is 0. The van der Waals surface area contributed by atoms with E-state index in [1.54, 1.807) is 6.07 Å². The molecule has 138 valence electrons. The van der Waals surface area contributed by atoms with Crippen molar-refractivity contribution in [3.63, 3.8) is 0 Å². The van der Waals surface area contributed by atoms with Gasteiger partial charge in [-0.15, -0.1) is 0 Å². The van der Waals surface area contributed by atoms with E-state index >= 15 is 0 Å². The maximum atomic E-state index is 13.0. The molecule has 1 aromatic carbocycles. The van der Waals surface area contributed by atoms with Crippen LogP contribution in [-0.2, 0) is 32.3 Å². The van der Waals surface area contributed by atoms with Crippen molar-refractivity contribution in [3.8, 4) is 0 Å². The van der Waals surface area contributed by atoms with E-state index in [1.807, 2.05) is 0 Å². The molecule has 0 bridgehead atoms. The van der Waals surface area contributed by atoms with Crippen LogP contribution in [0.5, 0.6) is 0 Å². The van der Waals surface area contributed by atoms with Crippen molar-refractivity contribution in [3.05, 3.63) is 30.3 Å². The second-order valence-corrected chi connectivity index (χ2v) is 16.3. The van der Waals surface area contributed by atoms with Gasteiger partial charge in [0, 0.05) is 0 Å². The van der Waals surface area contributed by atoms with Crippen LogP contribution in [0.25, 0.3) is 0 Å². The molecule has 0 aliphatic heterocycles. The van der Waals surface area contributed by atoms with Crippen LogP contribution < -0.4 is 0 Å². The summed E-state index contributed by atoms with van der Waals surface area (Å²) in [4.78, 5) is 9.70. The Morgan fingerprint density at radius 3 is 2.04 bits per heavy atom. The van der Waals surface area contributed by atoms with Crippen LogP contribution in [0.15, 0.2) is 35.2 Å². The lowest BCUT2D eigenvalue weighted by Gasteiger charge is -2.31. The highest BCUT2D eigenvalue weighted by atomic mass is 79.9. The van der Waals surface area contributed by atoms with Gasteiger partial charge < -0.3 is 13.9 Å². The van der Waals surface area contributed by atoms with E-state index in [9.17, 15) is 22.4 Å². The van der Waals surface area contributed by atoms with Crippen molar-refractivity contribution >= 4 is 57.2 Å². The highest BCUT2D eigenvalue weighted by Gasteiger charge is 2.63. The van der Waals surface area contributed by atoms with Gasteiger partial charge in [0.25, 0.3) is 2.72 Å². The van der Waals surface area contributed by atoms with Gasteiger partial charge in [-0.1, -0.05) is 18.2 Å². The molecule has 8 nitrogen and oxygen atoms in total. The van der Waals surface area contributed by atoms with E-state index in [4.69, 9.17) is 13.0 Å². The van der Waals surface area contributed by atoms with Gasteiger partial charge in [0.05, 0.1) is 18.1 Å². The lowest BCUT2D eigenvalue weighted by atomic mass is 10.4. The molecular formula is C11H16Br2O8P2S. The molecule has 13 heteroatoms. The monoisotopic (exact) mass is 528 g/mol. The van der Waals surface area contributed by atoms with Crippen molar-refractivity contribution in [2.45, 2.75) is 21.5 Å². The van der Waals surface area contributed by atoms with Crippen LogP contribution in [-0.4, -0.2) is 29.2 Å². The Morgan fingerprint density at radius 1 is 1.08 bits per heavy atom. The third-order valence-electron chi connectivity index (χ3n) is 2.50. The van der Waals surface area contributed by atoms with Crippen LogP contribution in [0.2, 0.25) is 0 Å². The highest BCUT2D eigenvalue weighted by Crippen LogP contribution is 2.82. The third kappa shape index (κ3) is 4.78. The fraction of sp³-hybridized carbons (Fsp3) is 0.455. The summed E-state index contributed by atoms with van der Waals surface area (Å²) in [6.45, 7) is 2.42. The molecule has 0 radical (unpaired) electrons. The normalized spacial score (nSPS) is 17.9. The number of alkyl halides is 2. The molecular weight excluding hydrogens is 514 g/mol. The summed E-state index contributed by atoms with van der Waals surface area (Å²) in [5.41, 5.74) is 0. The molecule has 0 fully saturated rings. The van der Waals surface area contributed by atoms with Gasteiger partial charge in [-0.05, 0) is 57.8 Å². The SMILES string of the molecule is CCOP(=O)(O)C(Br)(Br)P(=O)(OCC)OS(=O)(=O)c1ccccc1. The zero-order valence-corrected chi connectivity index (χ0v) is 18.4. The smallest absolute Gasteiger partial charge is 0.322 e. The lowest BCUT2D eigenvalue weighted by molar-refractivity contribution is 0.258. The van der Waals surface area contributed by atoms with E-state index in [0.717, 1.165) is 0 Å². The predicted octanol–water partition coefficient (Wildman–Crippen LogP) is 4.24. The summed E-state index contributed by atoms with van der Waals surface area (Å²) < 4.78 is 61.9. The number of rotatable bonds is 9. The van der Waals surface area contributed by atoms with Crippen molar-refractivity contribution in [1.29, 1.82) is 0 Å². The topological polar surface area (TPSA) is 116 Å². The number of hydrogen-bond acceptors (Lipinski definition) is 7. The first-order valence-electron chi connectivity index (χ1n) is 6.54. The summed E-state index contributed by atoms with van der Waals surface area (Å²) in [7, 11) is -14.0. The molecule has 1 N–H and O–H groups in total. The molecule has 0 aliphatic rings. The molecule has 0 spiro atoms. The minimum Gasteiger partial charge on any atom is -0.322 e. The van der Waals surface area contributed by atoms with Gasteiger partial charge in [0.2, 0.25) is 0 Å². The Balaban J connectivity index is 3.36. The van der Waals surface area contributed by atoms with Gasteiger partial charge in [-0.2, -0.15) is 12.4 Å². The van der Waals surface area contributed by atoms with Crippen molar-refractivity contribution in [1.82, 2.24) is 0 Å². The Bertz CT molecular complexity index is 753. The first-order valence-corrected chi connectivity index (χ1v) is 12.7. The van der Waals surface area contributed by atoms with Crippen molar-refractivity contribution in [2.24, 2.45) is 0 Å². The van der Waals surface area contributed by atoms with E-state index < -0.39 is 28.0 Å². The molecule has 0 amide bonds.